The van der Waals surface area contributed by atoms with Gasteiger partial charge in [-0.05, 0) is 39.2 Å². The predicted molar refractivity (Wildman–Crippen MR) is 79.9 cm³/mol. The second-order valence-corrected chi connectivity index (χ2v) is 6.68. The van der Waals surface area contributed by atoms with Crippen molar-refractivity contribution >= 4 is 33.2 Å². The molecule has 0 bridgehead atoms. The molecule has 3 nitrogen and oxygen atoms in total. The molecule has 0 unspecified atom stereocenters. The quantitative estimate of drug-likeness (QED) is 0.879. The first-order chi connectivity index (χ1) is 9.17. The van der Waals surface area contributed by atoms with Crippen LogP contribution in [-0.4, -0.2) is 11.0 Å². The molecule has 19 heavy (non-hydrogen) atoms. The second-order valence-electron chi connectivity index (χ2n) is 4.14. The lowest BCUT2D eigenvalue weighted by Crippen LogP contribution is -2.24. The first kappa shape index (κ1) is 14.2. The predicted octanol–water partition coefficient (Wildman–Crippen LogP) is 2.86. The van der Waals surface area contributed by atoms with Gasteiger partial charge in [0, 0.05) is 11.4 Å². The molecule has 0 atom stereocenters. The van der Waals surface area contributed by atoms with E-state index in [9.17, 15) is 4.79 Å². The number of halogens is 1. The van der Waals surface area contributed by atoms with Gasteiger partial charge in [0.1, 0.15) is 0 Å². The van der Waals surface area contributed by atoms with Gasteiger partial charge in [0.05, 0.1) is 16.8 Å². The number of amides is 1. The van der Waals surface area contributed by atoms with Crippen LogP contribution in [0.5, 0.6) is 0 Å². The lowest BCUT2D eigenvalue weighted by molar-refractivity contribution is -0.120. The summed E-state index contributed by atoms with van der Waals surface area (Å²) < 4.78 is 1.03. The molecule has 1 aromatic heterocycles. The molecule has 0 saturated heterocycles. The standard InChI is InChI=1S/C14H14BrNO2S/c15-13-5-4-12(19-13)7-14(18)16-8-10-2-1-3-11(6-10)9-17/h1-6,17H,7-9H2,(H,16,18). The SMILES string of the molecule is O=C(Cc1ccc(Br)s1)NCc1cccc(CO)c1. The molecule has 0 radical (unpaired) electrons. The van der Waals surface area contributed by atoms with E-state index in [2.05, 4.69) is 21.2 Å². The average Bonchev–Trinajstić information content (AvgIpc) is 2.82. The number of thiophene rings is 1. The van der Waals surface area contributed by atoms with Crippen LogP contribution in [0.1, 0.15) is 16.0 Å². The Balaban J connectivity index is 1.86. The van der Waals surface area contributed by atoms with Gasteiger partial charge in [0.25, 0.3) is 0 Å². The van der Waals surface area contributed by atoms with Crippen LogP contribution in [0.4, 0.5) is 0 Å². The van der Waals surface area contributed by atoms with Crippen LogP contribution < -0.4 is 5.32 Å². The van der Waals surface area contributed by atoms with E-state index in [1.807, 2.05) is 36.4 Å². The van der Waals surface area contributed by atoms with Crippen molar-refractivity contribution < 1.29 is 9.90 Å². The van der Waals surface area contributed by atoms with Gasteiger partial charge in [0.2, 0.25) is 5.91 Å². The van der Waals surface area contributed by atoms with Crippen molar-refractivity contribution in [2.45, 2.75) is 19.6 Å². The van der Waals surface area contributed by atoms with Crippen molar-refractivity contribution in [2.24, 2.45) is 0 Å². The molecule has 0 saturated carbocycles. The van der Waals surface area contributed by atoms with Crippen molar-refractivity contribution in [1.82, 2.24) is 5.32 Å². The van der Waals surface area contributed by atoms with Crippen molar-refractivity contribution in [1.29, 1.82) is 0 Å². The summed E-state index contributed by atoms with van der Waals surface area (Å²) in [6, 6.07) is 11.4. The summed E-state index contributed by atoms with van der Waals surface area (Å²) >= 11 is 4.94. The molecular formula is C14H14BrNO2S. The van der Waals surface area contributed by atoms with Gasteiger partial charge in [-0.1, -0.05) is 24.3 Å². The van der Waals surface area contributed by atoms with Gasteiger partial charge in [-0.25, -0.2) is 0 Å². The Labute approximate surface area is 124 Å². The summed E-state index contributed by atoms with van der Waals surface area (Å²) in [7, 11) is 0. The van der Waals surface area contributed by atoms with Gasteiger partial charge >= 0.3 is 0 Å². The lowest BCUT2D eigenvalue weighted by atomic mass is 10.1. The first-order valence-corrected chi connectivity index (χ1v) is 7.48. The van der Waals surface area contributed by atoms with E-state index in [4.69, 9.17) is 5.11 Å². The third kappa shape index (κ3) is 4.45. The van der Waals surface area contributed by atoms with Crippen molar-refractivity contribution in [3.05, 3.63) is 56.2 Å². The van der Waals surface area contributed by atoms with Gasteiger partial charge in [-0.15, -0.1) is 11.3 Å². The van der Waals surface area contributed by atoms with E-state index in [1.54, 1.807) is 11.3 Å². The van der Waals surface area contributed by atoms with E-state index in [0.717, 1.165) is 19.8 Å². The Bertz CT molecular complexity index is 568. The number of hydrogen-bond acceptors (Lipinski definition) is 3. The summed E-state index contributed by atoms with van der Waals surface area (Å²) in [5.41, 5.74) is 1.85. The molecule has 0 aliphatic heterocycles. The maximum atomic E-state index is 11.8. The molecule has 1 amide bonds. The van der Waals surface area contributed by atoms with E-state index in [-0.39, 0.29) is 12.5 Å². The summed E-state index contributed by atoms with van der Waals surface area (Å²) in [5.74, 6) is 0.00347. The Kier molecular flexibility index (Phi) is 5.13. The highest BCUT2D eigenvalue weighted by atomic mass is 79.9. The molecule has 0 spiro atoms. The van der Waals surface area contributed by atoms with Gasteiger partial charge in [-0.3, -0.25) is 4.79 Å². The highest BCUT2D eigenvalue weighted by molar-refractivity contribution is 9.11. The third-order valence-electron chi connectivity index (χ3n) is 2.63. The number of rotatable bonds is 5. The van der Waals surface area contributed by atoms with Crippen LogP contribution in [0.2, 0.25) is 0 Å². The Hall–Kier alpha value is -1.17. The van der Waals surface area contributed by atoms with E-state index in [1.165, 1.54) is 0 Å². The van der Waals surface area contributed by atoms with Crippen LogP contribution >= 0.6 is 27.3 Å². The zero-order chi connectivity index (χ0) is 13.7. The number of benzene rings is 1. The maximum absolute atomic E-state index is 11.8. The number of carbonyl (C=O) groups excluding carboxylic acids is 1. The third-order valence-corrected chi connectivity index (χ3v) is 4.25. The molecule has 2 rings (SSSR count). The first-order valence-electron chi connectivity index (χ1n) is 5.87. The van der Waals surface area contributed by atoms with Crippen LogP contribution in [0.25, 0.3) is 0 Å². The minimum Gasteiger partial charge on any atom is -0.392 e. The number of aliphatic hydroxyl groups is 1. The highest BCUT2D eigenvalue weighted by Crippen LogP contribution is 2.22. The maximum Gasteiger partial charge on any atom is 0.225 e. The fourth-order valence-corrected chi connectivity index (χ4v) is 3.19. The minimum absolute atomic E-state index is 0.00347. The summed E-state index contributed by atoms with van der Waals surface area (Å²) in [6.07, 6.45) is 0.399. The highest BCUT2D eigenvalue weighted by Gasteiger charge is 2.05. The molecular weight excluding hydrogens is 326 g/mol. The number of nitrogens with one attached hydrogen (secondary N) is 1. The molecule has 5 heteroatoms. The van der Waals surface area contributed by atoms with Crippen molar-refractivity contribution in [3.8, 4) is 0 Å². The second kappa shape index (κ2) is 6.84. The zero-order valence-electron chi connectivity index (χ0n) is 10.2. The Morgan fingerprint density at radius 1 is 1.26 bits per heavy atom. The van der Waals surface area contributed by atoms with Crippen LogP contribution in [0.3, 0.4) is 0 Å². The van der Waals surface area contributed by atoms with Gasteiger partial charge in [-0.2, -0.15) is 0 Å². The largest absolute Gasteiger partial charge is 0.392 e. The number of aliphatic hydroxyl groups excluding tert-OH is 1. The fraction of sp³-hybridized carbons (Fsp3) is 0.214. The molecule has 0 fully saturated rings. The summed E-state index contributed by atoms with van der Waals surface area (Å²) in [6.45, 7) is 0.504. The topological polar surface area (TPSA) is 49.3 Å². The number of carbonyl (C=O) groups is 1. The molecule has 0 aliphatic rings. The van der Waals surface area contributed by atoms with Crippen molar-refractivity contribution in [2.75, 3.05) is 0 Å². The lowest BCUT2D eigenvalue weighted by Gasteiger charge is -2.06. The zero-order valence-corrected chi connectivity index (χ0v) is 12.6. The normalized spacial score (nSPS) is 10.4. The molecule has 2 N–H and O–H groups in total. The Morgan fingerprint density at radius 2 is 2.05 bits per heavy atom. The Morgan fingerprint density at radius 3 is 2.74 bits per heavy atom. The van der Waals surface area contributed by atoms with Crippen LogP contribution in [0, 0.1) is 0 Å². The average molecular weight is 340 g/mol. The monoisotopic (exact) mass is 339 g/mol. The van der Waals surface area contributed by atoms with Crippen molar-refractivity contribution in [3.63, 3.8) is 0 Å². The van der Waals surface area contributed by atoms with E-state index in [0.29, 0.717) is 13.0 Å². The molecule has 2 aromatic rings. The van der Waals surface area contributed by atoms with E-state index < -0.39 is 0 Å². The van der Waals surface area contributed by atoms with Gasteiger partial charge in [0.15, 0.2) is 0 Å². The molecule has 1 heterocycles. The fourth-order valence-electron chi connectivity index (χ4n) is 1.71. The summed E-state index contributed by atoms with van der Waals surface area (Å²) in [5, 5.41) is 11.9. The summed E-state index contributed by atoms with van der Waals surface area (Å²) in [4.78, 5) is 12.8. The molecule has 100 valence electrons. The van der Waals surface area contributed by atoms with Crippen LogP contribution in [0.15, 0.2) is 40.2 Å². The van der Waals surface area contributed by atoms with E-state index >= 15 is 0 Å². The minimum atomic E-state index is 0.00347. The van der Waals surface area contributed by atoms with Crippen LogP contribution in [-0.2, 0) is 24.4 Å². The van der Waals surface area contributed by atoms with Gasteiger partial charge < -0.3 is 10.4 Å². The molecule has 0 aliphatic carbocycles. The molecule has 1 aromatic carbocycles. The smallest absolute Gasteiger partial charge is 0.225 e. The number of hydrogen-bond donors (Lipinski definition) is 2.